The summed E-state index contributed by atoms with van der Waals surface area (Å²) in [6.45, 7) is 5.97. The van der Waals surface area contributed by atoms with Gasteiger partial charge >= 0.3 is 0 Å². The monoisotopic (exact) mass is 413 g/mol. The smallest absolute Gasteiger partial charge is 0.253 e. The van der Waals surface area contributed by atoms with Crippen LogP contribution in [-0.4, -0.2) is 31.6 Å². The molecule has 4 aromatic rings. The maximum atomic E-state index is 12.8. The molecular formula is C25H27N5O. The number of amides is 1. The van der Waals surface area contributed by atoms with Gasteiger partial charge in [0.05, 0.1) is 17.8 Å². The molecule has 1 N–H and O–H groups in total. The SMILES string of the molecule is Cc1cc(C(=O)NCCc2nccn2Cc2ccccc2)c(C)n1Cc1ccccn1. The van der Waals surface area contributed by atoms with Gasteiger partial charge in [-0.05, 0) is 37.6 Å². The quantitative estimate of drug-likeness (QED) is 0.478. The number of nitrogens with zero attached hydrogens (tertiary/aromatic N) is 4. The highest BCUT2D eigenvalue weighted by Gasteiger charge is 2.16. The summed E-state index contributed by atoms with van der Waals surface area (Å²) in [5, 5.41) is 3.05. The Labute approximate surface area is 182 Å². The molecule has 1 aromatic carbocycles. The van der Waals surface area contributed by atoms with Crippen LogP contribution in [0.5, 0.6) is 0 Å². The first-order chi connectivity index (χ1) is 15.1. The zero-order valence-electron chi connectivity index (χ0n) is 18.0. The van der Waals surface area contributed by atoms with Crippen molar-refractivity contribution in [2.75, 3.05) is 6.54 Å². The number of carbonyl (C=O) groups is 1. The molecule has 0 aliphatic rings. The van der Waals surface area contributed by atoms with E-state index in [0.29, 0.717) is 25.1 Å². The van der Waals surface area contributed by atoms with E-state index in [1.807, 2.05) is 68.7 Å². The normalized spacial score (nSPS) is 10.9. The standard InChI is InChI=1S/C25H27N5O/c1-19-16-23(20(2)30(19)18-22-10-6-7-12-26-22)25(31)28-13-11-24-27-14-15-29(24)17-21-8-4-3-5-9-21/h3-10,12,14-16H,11,13,17-18H2,1-2H3,(H,28,31). The van der Waals surface area contributed by atoms with E-state index in [1.54, 1.807) is 6.20 Å². The van der Waals surface area contributed by atoms with Crippen LogP contribution in [0.2, 0.25) is 0 Å². The van der Waals surface area contributed by atoms with Crippen molar-refractivity contribution in [2.24, 2.45) is 0 Å². The van der Waals surface area contributed by atoms with E-state index in [2.05, 4.69) is 36.6 Å². The third-order valence-corrected chi connectivity index (χ3v) is 5.50. The number of imidazole rings is 1. The van der Waals surface area contributed by atoms with Gasteiger partial charge in [-0.25, -0.2) is 4.98 Å². The van der Waals surface area contributed by atoms with E-state index in [4.69, 9.17) is 0 Å². The minimum atomic E-state index is -0.0541. The van der Waals surface area contributed by atoms with Gasteiger partial charge in [-0.15, -0.1) is 0 Å². The van der Waals surface area contributed by atoms with Crippen molar-refractivity contribution in [3.05, 3.63) is 107 Å². The number of benzene rings is 1. The minimum Gasteiger partial charge on any atom is -0.352 e. The van der Waals surface area contributed by atoms with Gasteiger partial charge in [0.2, 0.25) is 0 Å². The molecule has 1 amide bonds. The highest BCUT2D eigenvalue weighted by Crippen LogP contribution is 2.16. The summed E-state index contributed by atoms with van der Waals surface area (Å²) in [5.74, 6) is 0.909. The van der Waals surface area contributed by atoms with E-state index in [-0.39, 0.29) is 5.91 Å². The van der Waals surface area contributed by atoms with Crippen molar-refractivity contribution < 1.29 is 4.79 Å². The summed E-state index contributed by atoms with van der Waals surface area (Å²) in [6, 6.07) is 18.1. The molecule has 3 aromatic heterocycles. The lowest BCUT2D eigenvalue weighted by Crippen LogP contribution is -2.27. The molecule has 4 rings (SSSR count). The molecule has 0 unspecified atom stereocenters. The molecule has 6 nitrogen and oxygen atoms in total. The Balaban J connectivity index is 1.37. The Hall–Kier alpha value is -3.67. The Kier molecular flexibility index (Phi) is 6.26. The molecular weight excluding hydrogens is 386 g/mol. The predicted molar refractivity (Wildman–Crippen MR) is 121 cm³/mol. The number of hydrogen-bond donors (Lipinski definition) is 1. The van der Waals surface area contributed by atoms with Gasteiger partial charge in [0, 0.05) is 49.5 Å². The van der Waals surface area contributed by atoms with E-state index >= 15 is 0 Å². The number of pyridine rings is 1. The Bertz CT molecular complexity index is 1150. The van der Waals surface area contributed by atoms with Crippen LogP contribution in [0.15, 0.2) is 73.2 Å². The maximum absolute atomic E-state index is 12.8. The van der Waals surface area contributed by atoms with Gasteiger partial charge in [0.15, 0.2) is 0 Å². The second kappa shape index (κ2) is 9.43. The predicted octanol–water partition coefficient (Wildman–Crippen LogP) is 3.77. The largest absolute Gasteiger partial charge is 0.352 e. The highest BCUT2D eigenvalue weighted by molar-refractivity contribution is 5.95. The molecule has 0 aliphatic heterocycles. The Morgan fingerprint density at radius 3 is 2.55 bits per heavy atom. The fraction of sp³-hybridized carbons (Fsp3) is 0.240. The Morgan fingerprint density at radius 2 is 1.77 bits per heavy atom. The molecule has 0 atom stereocenters. The summed E-state index contributed by atoms with van der Waals surface area (Å²) in [6.07, 6.45) is 6.26. The average molecular weight is 414 g/mol. The first kappa shape index (κ1) is 20.6. The van der Waals surface area contributed by atoms with Crippen molar-refractivity contribution in [2.45, 2.75) is 33.4 Å². The van der Waals surface area contributed by atoms with Gasteiger partial charge in [-0.3, -0.25) is 9.78 Å². The van der Waals surface area contributed by atoms with Crippen molar-refractivity contribution in [1.82, 2.24) is 24.4 Å². The molecule has 0 spiro atoms. The first-order valence-corrected chi connectivity index (χ1v) is 10.5. The fourth-order valence-electron chi connectivity index (χ4n) is 3.80. The maximum Gasteiger partial charge on any atom is 0.253 e. The van der Waals surface area contributed by atoms with Crippen molar-refractivity contribution in [3.63, 3.8) is 0 Å². The average Bonchev–Trinajstić information content (AvgIpc) is 3.34. The first-order valence-electron chi connectivity index (χ1n) is 10.5. The van der Waals surface area contributed by atoms with E-state index < -0.39 is 0 Å². The van der Waals surface area contributed by atoms with Crippen LogP contribution in [-0.2, 0) is 19.5 Å². The van der Waals surface area contributed by atoms with E-state index in [9.17, 15) is 4.79 Å². The molecule has 0 saturated heterocycles. The minimum absolute atomic E-state index is 0.0541. The van der Waals surface area contributed by atoms with Crippen LogP contribution < -0.4 is 5.32 Å². The van der Waals surface area contributed by atoms with Crippen LogP contribution in [0.25, 0.3) is 0 Å². The number of rotatable bonds is 8. The van der Waals surface area contributed by atoms with E-state index in [1.165, 1.54) is 5.56 Å². The second-order valence-electron chi connectivity index (χ2n) is 7.65. The second-order valence-corrected chi connectivity index (χ2v) is 7.65. The lowest BCUT2D eigenvalue weighted by molar-refractivity contribution is 0.0953. The topological polar surface area (TPSA) is 64.7 Å². The molecule has 0 fully saturated rings. The number of aryl methyl sites for hydroxylation is 1. The lowest BCUT2D eigenvalue weighted by Gasteiger charge is -2.10. The fourth-order valence-corrected chi connectivity index (χ4v) is 3.80. The van der Waals surface area contributed by atoms with Gasteiger partial charge in [-0.2, -0.15) is 0 Å². The number of nitrogens with one attached hydrogen (secondary N) is 1. The summed E-state index contributed by atoms with van der Waals surface area (Å²) < 4.78 is 4.25. The third-order valence-electron chi connectivity index (χ3n) is 5.50. The zero-order chi connectivity index (χ0) is 21.6. The van der Waals surface area contributed by atoms with E-state index in [0.717, 1.165) is 29.5 Å². The number of aromatic nitrogens is 4. The molecule has 0 bridgehead atoms. The number of carbonyl (C=O) groups excluding carboxylic acids is 1. The summed E-state index contributed by atoms with van der Waals surface area (Å²) in [7, 11) is 0. The van der Waals surface area contributed by atoms with Gasteiger partial charge in [0.1, 0.15) is 5.82 Å². The molecule has 6 heteroatoms. The third kappa shape index (κ3) is 4.91. The van der Waals surface area contributed by atoms with Crippen molar-refractivity contribution >= 4 is 5.91 Å². The lowest BCUT2D eigenvalue weighted by atomic mass is 10.2. The van der Waals surface area contributed by atoms with Crippen LogP contribution in [0, 0.1) is 13.8 Å². The molecule has 0 aliphatic carbocycles. The highest BCUT2D eigenvalue weighted by atomic mass is 16.1. The van der Waals surface area contributed by atoms with Crippen molar-refractivity contribution in [1.29, 1.82) is 0 Å². The van der Waals surface area contributed by atoms with Gasteiger partial charge in [0.25, 0.3) is 5.91 Å². The Morgan fingerprint density at radius 1 is 0.968 bits per heavy atom. The summed E-state index contributed by atoms with van der Waals surface area (Å²) >= 11 is 0. The molecule has 158 valence electrons. The van der Waals surface area contributed by atoms with Gasteiger partial charge in [-0.1, -0.05) is 36.4 Å². The van der Waals surface area contributed by atoms with Gasteiger partial charge < -0.3 is 14.5 Å². The summed E-state index contributed by atoms with van der Waals surface area (Å²) in [4.78, 5) is 21.7. The molecule has 31 heavy (non-hydrogen) atoms. The molecule has 0 saturated carbocycles. The number of hydrogen-bond acceptors (Lipinski definition) is 3. The summed E-state index contributed by atoms with van der Waals surface area (Å²) in [5.41, 5.74) is 4.91. The van der Waals surface area contributed by atoms with Crippen LogP contribution >= 0.6 is 0 Å². The van der Waals surface area contributed by atoms with Crippen LogP contribution in [0.3, 0.4) is 0 Å². The zero-order valence-corrected chi connectivity index (χ0v) is 18.0. The molecule has 3 heterocycles. The molecule has 0 radical (unpaired) electrons. The van der Waals surface area contributed by atoms with Crippen LogP contribution in [0.4, 0.5) is 0 Å². The van der Waals surface area contributed by atoms with Crippen LogP contribution in [0.1, 0.15) is 38.8 Å². The van der Waals surface area contributed by atoms with Crippen molar-refractivity contribution in [3.8, 4) is 0 Å².